The van der Waals surface area contributed by atoms with Gasteiger partial charge in [0, 0.05) is 0 Å². The highest BCUT2D eigenvalue weighted by Gasteiger charge is 2.52. The molecule has 19 heavy (non-hydrogen) atoms. The lowest BCUT2D eigenvalue weighted by atomic mass is 9.61. The molecule has 0 unspecified atom stereocenters. The van der Waals surface area contributed by atoms with E-state index >= 15 is 0 Å². The molecule has 0 spiro atoms. The molecule has 0 radical (unpaired) electrons. The second kappa shape index (κ2) is 6.08. The molecule has 4 nitrogen and oxygen atoms in total. The van der Waals surface area contributed by atoms with Crippen molar-refractivity contribution in [3.05, 3.63) is 0 Å². The Morgan fingerprint density at radius 3 is 1.05 bits per heavy atom. The molecule has 0 aliphatic rings. The van der Waals surface area contributed by atoms with Gasteiger partial charge in [0.2, 0.25) is 0 Å². The Labute approximate surface area is 117 Å². The van der Waals surface area contributed by atoms with Gasteiger partial charge in [-0.25, -0.2) is 0 Å². The molecule has 0 saturated heterocycles. The Bertz CT molecular complexity index is 245. The van der Waals surface area contributed by atoms with Crippen molar-refractivity contribution in [3.63, 3.8) is 0 Å². The maximum atomic E-state index is 11.1. The average Bonchev–Trinajstić information content (AvgIpc) is 2.14. The van der Waals surface area contributed by atoms with Crippen molar-refractivity contribution in [3.8, 4) is 0 Å². The SMILES string of the molecule is CC(C)(C)CC(O)(CC(C)(C)C)C(CO)(CO)CO. The zero-order chi connectivity index (χ0) is 15.5. The Hall–Kier alpha value is -0.160. The van der Waals surface area contributed by atoms with Crippen molar-refractivity contribution in [2.45, 2.75) is 60.0 Å². The molecule has 0 saturated carbocycles. The minimum absolute atomic E-state index is 0.176. The molecule has 0 aliphatic carbocycles. The molecular weight excluding hydrogens is 244 g/mol. The predicted molar refractivity (Wildman–Crippen MR) is 76.8 cm³/mol. The van der Waals surface area contributed by atoms with E-state index < -0.39 is 30.8 Å². The molecule has 0 fully saturated rings. The van der Waals surface area contributed by atoms with Crippen LogP contribution in [0.25, 0.3) is 0 Å². The Morgan fingerprint density at radius 1 is 0.632 bits per heavy atom. The van der Waals surface area contributed by atoms with Crippen LogP contribution >= 0.6 is 0 Å². The predicted octanol–water partition coefficient (Wildman–Crippen LogP) is 1.55. The minimum Gasteiger partial charge on any atom is -0.395 e. The fourth-order valence-corrected chi connectivity index (χ4v) is 2.78. The Balaban J connectivity index is 5.60. The van der Waals surface area contributed by atoms with Gasteiger partial charge in [0.25, 0.3) is 0 Å². The third-order valence-electron chi connectivity index (χ3n) is 3.54. The maximum Gasteiger partial charge on any atom is 0.0779 e. The molecule has 0 atom stereocenters. The van der Waals surface area contributed by atoms with Crippen molar-refractivity contribution in [2.24, 2.45) is 16.2 Å². The van der Waals surface area contributed by atoms with Gasteiger partial charge in [-0.2, -0.15) is 0 Å². The van der Waals surface area contributed by atoms with Gasteiger partial charge >= 0.3 is 0 Å². The van der Waals surface area contributed by atoms with Crippen molar-refractivity contribution < 1.29 is 20.4 Å². The highest BCUT2D eigenvalue weighted by atomic mass is 16.3. The standard InChI is InChI=1S/C15H32O4/c1-12(2,3)7-15(19,8-13(4,5)6)14(9-16,10-17)11-18/h16-19H,7-11H2,1-6H3. The number of rotatable bonds is 6. The molecule has 0 aliphatic heterocycles. The molecule has 0 aromatic rings. The van der Waals surface area contributed by atoms with Crippen LogP contribution in [0, 0.1) is 16.2 Å². The van der Waals surface area contributed by atoms with E-state index in [4.69, 9.17) is 0 Å². The number of aliphatic hydroxyl groups excluding tert-OH is 3. The summed E-state index contributed by atoms with van der Waals surface area (Å²) in [5.74, 6) is 0. The number of hydrogen-bond donors (Lipinski definition) is 4. The summed E-state index contributed by atoms with van der Waals surface area (Å²) in [6, 6.07) is 0. The van der Waals surface area contributed by atoms with Crippen LogP contribution in [0.4, 0.5) is 0 Å². The fraction of sp³-hybridized carbons (Fsp3) is 1.00. The normalized spacial score (nSPS) is 14.8. The summed E-state index contributed by atoms with van der Waals surface area (Å²) in [6.07, 6.45) is 0.803. The molecule has 4 N–H and O–H groups in total. The summed E-state index contributed by atoms with van der Waals surface area (Å²) in [7, 11) is 0. The molecule has 0 bridgehead atoms. The van der Waals surface area contributed by atoms with Crippen molar-refractivity contribution >= 4 is 0 Å². The Morgan fingerprint density at radius 2 is 0.895 bits per heavy atom. The number of hydrogen-bond acceptors (Lipinski definition) is 4. The zero-order valence-corrected chi connectivity index (χ0v) is 13.3. The quantitative estimate of drug-likeness (QED) is 0.593. The zero-order valence-electron chi connectivity index (χ0n) is 13.3. The highest BCUT2D eigenvalue weighted by Crippen LogP contribution is 2.46. The molecule has 0 aromatic heterocycles. The monoisotopic (exact) mass is 276 g/mol. The second-order valence-corrected chi connectivity index (χ2v) is 8.26. The van der Waals surface area contributed by atoms with E-state index in [0.29, 0.717) is 12.8 Å². The van der Waals surface area contributed by atoms with E-state index in [2.05, 4.69) is 0 Å². The maximum absolute atomic E-state index is 11.1. The molecule has 0 rings (SSSR count). The van der Waals surface area contributed by atoms with Gasteiger partial charge in [-0.05, 0) is 23.7 Å². The first-order valence-corrected chi connectivity index (χ1v) is 6.90. The fourth-order valence-electron chi connectivity index (χ4n) is 2.78. The van der Waals surface area contributed by atoms with Crippen LogP contribution in [0.2, 0.25) is 0 Å². The molecule has 4 heteroatoms. The minimum atomic E-state index is -1.32. The van der Waals surface area contributed by atoms with E-state index in [-0.39, 0.29) is 10.8 Å². The summed E-state index contributed by atoms with van der Waals surface area (Å²) in [4.78, 5) is 0. The van der Waals surface area contributed by atoms with Crippen LogP contribution < -0.4 is 0 Å². The summed E-state index contributed by atoms with van der Waals surface area (Å²) >= 11 is 0. The summed E-state index contributed by atoms with van der Waals surface area (Å²) < 4.78 is 0. The van der Waals surface area contributed by atoms with E-state index in [1.165, 1.54) is 0 Å². The van der Waals surface area contributed by atoms with Gasteiger partial charge in [-0.15, -0.1) is 0 Å². The molecule has 0 heterocycles. The first-order chi connectivity index (χ1) is 8.35. The molecule has 0 amide bonds. The topological polar surface area (TPSA) is 80.9 Å². The van der Waals surface area contributed by atoms with E-state index in [1.54, 1.807) is 0 Å². The van der Waals surface area contributed by atoms with Gasteiger partial charge in [0.15, 0.2) is 0 Å². The lowest BCUT2D eigenvalue weighted by Crippen LogP contribution is -2.58. The summed E-state index contributed by atoms with van der Waals surface area (Å²) in [5.41, 5.74) is -2.95. The van der Waals surface area contributed by atoms with E-state index in [1.807, 2.05) is 41.5 Å². The first kappa shape index (κ1) is 18.8. The lowest BCUT2D eigenvalue weighted by molar-refractivity contribution is -0.182. The third-order valence-corrected chi connectivity index (χ3v) is 3.54. The van der Waals surface area contributed by atoms with Crippen LogP contribution in [0.5, 0.6) is 0 Å². The summed E-state index contributed by atoms with van der Waals surface area (Å²) in [6.45, 7) is 10.7. The smallest absolute Gasteiger partial charge is 0.0779 e. The number of aliphatic hydroxyl groups is 4. The van der Waals surface area contributed by atoms with Crippen LogP contribution in [-0.4, -0.2) is 45.8 Å². The first-order valence-electron chi connectivity index (χ1n) is 6.90. The molecule has 0 aromatic carbocycles. The lowest BCUT2D eigenvalue weighted by Gasteiger charge is -2.49. The highest BCUT2D eigenvalue weighted by molar-refractivity contribution is 5.02. The van der Waals surface area contributed by atoms with Crippen LogP contribution in [0.3, 0.4) is 0 Å². The van der Waals surface area contributed by atoms with Crippen LogP contribution in [-0.2, 0) is 0 Å². The van der Waals surface area contributed by atoms with Gasteiger partial charge in [0.05, 0.1) is 30.8 Å². The van der Waals surface area contributed by atoms with Crippen LogP contribution in [0.15, 0.2) is 0 Å². The summed E-state index contributed by atoms with van der Waals surface area (Å²) in [5, 5.41) is 40.0. The van der Waals surface area contributed by atoms with Crippen molar-refractivity contribution in [2.75, 3.05) is 19.8 Å². The van der Waals surface area contributed by atoms with Crippen LogP contribution in [0.1, 0.15) is 54.4 Å². The molecular formula is C15H32O4. The Kier molecular flexibility index (Phi) is 6.03. The van der Waals surface area contributed by atoms with Crippen molar-refractivity contribution in [1.82, 2.24) is 0 Å². The largest absolute Gasteiger partial charge is 0.395 e. The third kappa shape index (κ3) is 5.03. The second-order valence-electron chi connectivity index (χ2n) is 8.26. The van der Waals surface area contributed by atoms with Gasteiger partial charge in [-0.3, -0.25) is 0 Å². The van der Waals surface area contributed by atoms with E-state index in [9.17, 15) is 20.4 Å². The average molecular weight is 276 g/mol. The van der Waals surface area contributed by atoms with Crippen molar-refractivity contribution in [1.29, 1.82) is 0 Å². The van der Waals surface area contributed by atoms with Gasteiger partial charge in [-0.1, -0.05) is 41.5 Å². The van der Waals surface area contributed by atoms with Gasteiger partial charge in [0.1, 0.15) is 0 Å². The van der Waals surface area contributed by atoms with E-state index in [0.717, 1.165) is 0 Å². The molecule has 116 valence electrons. The van der Waals surface area contributed by atoms with Gasteiger partial charge < -0.3 is 20.4 Å².